The summed E-state index contributed by atoms with van der Waals surface area (Å²) in [5.74, 6) is -7.99. The van der Waals surface area contributed by atoms with E-state index >= 15 is 0 Å². The van der Waals surface area contributed by atoms with Gasteiger partial charge in [0.2, 0.25) is 47.3 Å². The van der Waals surface area contributed by atoms with Crippen molar-refractivity contribution in [2.45, 2.75) is 116 Å². The number of nitrogens with zero attached hydrogens (tertiary/aromatic N) is 2. The zero-order valence-electron chi connectivity index (χ0n) is 33.4. The third-order valence-corrected chi connectivity index (χ3v) is 9.20. The topological polar surface area (TPSA) is 330 Å². The summed E-state index contributed by atoms with van der Waals surface area (Å²) >= 11 is 0. The molecule has 8 amide bonds. The van der Waals surface area contributed by atoms with Crippen LogP contribution < -0.4 is 43.4 Å². The van der Waals surface area contributed by atoms with Gasteiger partial charge in [0.15, 0.2) is 0 Å². The molecule has 21 nitrogen and oxygen atoms in total. The highest BCUT2D eigenvalue weighted by atomic mass is 16.4. The SMILES string of the molecule is CC(C)C[C@H](NC(=O)[C@@H](NC(=O)[C@H](Cc1cnc[nH]1)NC(=O)CN)C(C)C)C(=O)N[C@H](C(=O)N[C@@H](CCC(N)=O)C(=O)N1CCC[C@H]1C(=O)NCC(=O)O)C(C)C. The fraction of sp³-hybridized carbons (Fsp3) is 0.667. The van der Waals surface area contributed by atoms with E-state index in [1.54, 1.807) is 27.7 Å². The number of carboxylic acids is 1. The van der Waals surface area contributed by atoms with Gasteiger partial charge in [0.05, 0.1) is 12.9 Å². The van der Waals surface area contributed by atoms with E-state index in [1.165, 1.54) is 17.4 Å². The summed E-state index contributed by atoms with van der Waals surface area (Å²) < 4.78 is 0. The largest absolute Gasteiger partial charge is 0.480 e. The quantitative estimate of drug-likeness (QED) is 0.0535. The van der Waals surface area contributed by atoms with Gasteiger partial charge in [-0.2, -0.15) is 0 Å². The van der Waals surface area contributed by atoms with E-state index in [1.807, 2.05) is 13.8 Å². The molecule has 2 heterocycles. The smallest absolute Gasteiger partial charge is 0.322 e. The van der Waals surface area contributed by atoms with Crippen LogP contribution in [0.25, 0.3) is 0 Å². The van der Waals surface area contributed by atoms with E-state index in [2.05, 4.69) is 41.9 Å². The van der Waals surface area contributed by atoms with Crippen molar-refractivity contribution < 1.29 is 48.3 Å². The molecule has 0 unspecified atom stereocenters. The number of aromatic nitrogens is 2. The van der Waals surface area contributed by atoms with Crippen LogP contribution in [0.5, 0.6) is 0 Å². The lowest BCUT2D eigenvalue weighted by Gasteiger charge is -2.31. The first kappa shape index (κ1) is 47.6. The zero-order valence-corrected chi connectivity index (χ0v) is 33.4. The maximum atomic E-state index is 13.9. The number of carboxylic acid groups (broad SMARTS) is 1. The number of likely N-dealkylation sites (tertiary alicyclic amines) is 1. The van der Waals surface area contributed by atoms with Crippen molar-refractivity contribution in [3.8, 4) is 0 Å². The minimum absolute atomic E-state index is 0.0246. The van der Waals surface area contributed by atoms with Gasteiger partial charge >= 0.3 is 5.97 Å². The van der Waals surface area contributed by atoms with Crippen molar-refractivity contribution in [1.82, 2.24) is 46.8 Å². The standard InChI is InChI=1S/C36H59N11O10/c1-18(2)12-23(44-35(56)30(20(5)6)46-32(53)24(42-27(49)14-37)13-21-15-39-17-41-21)31(52)45-29(19(3)4)34(55)43-22(9-10-26(38)48)36(57)47-11-7-8-25(47)33(54)40-16-28(50)51/h15,17-20,22-25,29-30H,7-14,16,37H2,1-6H3,(H2,38,48)(H,39,41)(H,40,54)(H,42,49)(H,43,55)(H,44,56)(H,45,52)(H,46,53)(H,50,51)/t22-,23-,24-,25-,29-,30-/m0/s1. The van der Waals surface area contributed by atoms with E-state index in [-0.39, 0.29) is 51.1 Å². The van der Waals surface area contributed by atoms with Gasteiger partial charge in [0.1, 0.15) is 42.8 Å². The fourth-order valence-corrected chi connectivity index (χ4v) is 6.21. The van der Waals surface area contributed by atoms with E-state index < -0.39 is 108 Å². The van der Waals surface area contributed by atoms with Crippen LogP contribution in [-0.4, -0.2) is 129 Å². The number of aromatic amines is 1. The number of hydrogen-bond acceptors (Lipinski definition) is 11. The van der Waals surface area contributed by atoms with Crippen LogP contribution in [0.2, 0.25) is 0 Å². The van der Waals surface area contributed by atoms with Gasteiger partial charge in [-0.1, -0.05) is 41.5 Å². The van der Waals surface area contributed by atoms with Crippen molar-refractivity contribution in [3.05, 3.63) is 18.2 Å². The molecule has 318 valence electrons. The maximum Gasteiger partial charge on any atom is 0.322 e. The van der Waals surface area contributed by atoms with Gasteiger partial charge < -0.3 is 58.4 Å². The van der Waals surface area contributed by atoms with Crippen LogP contribution >= 0.6 is 0 Å². The van der Waals surface area contributed by atoms with Crippen molar-refractivity contribution >= 4 is 53.2 Å². The lowest BCUT2D eigenvalue weighted by Crippen LogP contribution is -2.61. The van der Waals surface area contributed by atoms with Crippen molar-refractivity contribution in [2.75, 3.05) is 19.6 Å². The lowest BCUT2D eigenvalue weighted by molar-refractivity contribution is -0.143. The minimum atomic E-state index is -1.33. The molecule has 1 aromatic rings. The summed E-state index contributed by atoms with van der Waals surface area (Å²) in [6.45, 7) is 9.43. The first-order valence-corrected chi connectivity index (χ1v) is 19.0. The predicted molar refractivity (Wildman–Crippen MR) is 204 cm³/mol. The molecule has 0 radical (unpaired) electrons. The number of aliphatic carboxylic acids is 1. The zero-order chi connectivity index (χ0) is 43.0. The molecule has 0 saturated carbocycles. The molecule has 1 aromatic heterocycles. The number of primary amides is 1. The van der Waals surface area contributed by atoms with Crippen molar-refractivity contribution in [3.63, 3.8) is 0 Å². The highest BCUT2D eigenvalue weighted by Crippen LogP contribution is 2.20. The summed E-state index contributed by atoms with van der Waals surface area (Å²) in [5.41, 5.74) is 11.3. The van der Waals surface area contributed by atoms with Gasteiger partial charge in [-0.15, -0.1) is 0 Å². The molecule has 1 aliphatic rings. The maximum absolute atomic E-state index is 13.9. The van der Waals surface area contributed by atoms with Crippen molar-refractivity contribution in [2.24, 2.45) is 29.2 Å². The number of carbonyl (C=O) groups excluding carboxylic acids is 8. The number of nitrogens with two attached hydrogens (primary N) is 2. The molecule has 0 bridgehead atoms. The first-order chi connectivity index (χ1) is 26.7. The molecule has 6 atom stereocenters. The van der Waals surface area contributed by atoms with Crippen LogP contribution in [0.1, 0.15) is 79.3 Å². The first-order valence-electron chi connectivity index (χ1n) is 19.0. The molecule has 12 N–H and O–H groups in total. The summed E-state index contributed by atoms with van der Waals surface area (Å²) in [5, 5.41) is 24.4. The molecule has 21 heteroatoms. The summed E-state index contributed by atoms with van der Waals surface area (Å²) in [4.78, 5) is 124. The summed E-state index contributed by atoms with van der Waals surface area (Å²) in [6.07, 6.45) is 3.22. The Kier molecular flexibility index (Phi) is 19.0. The Morgan fingerprint density at radius 2 is 1.42 bits per heavy atom. The van der Waals surface area contributed by atoms with Gasteiger partial charge in [-0.3, -0.25) is 43.2 Å². The Balaban J connectivity index is 2.27. The molecule has 1 saturated heterocycles. The number of nitrogens with one attached hydrogen (secondary N) is 7. The second-order valence-corrected chi connectivity index (χ2v) is 15.1. The van der Waals surface area contributed by atoms with E-state index in [0.29, 0.717) is 12.1 Å². The molecular formula is C36H59N11O10. The number of hydrogen-bond donors (Lipinski definition) is 10. The number of amides is 8. The number of H-pyrrole nitrogens is 1. The number of carbonyl (C=O) groups is 9. The molecule has 57 heavy (non-hydrogen) atoms. The molecule has 2 rings (SSSR count). The fourth-order valence-electron chi connectivity index (χ4n) is 6.21. The van der Waals surface area contributed by atoms with E-state index in [0.717, 1.165) is 0 Å². The highest BCUT2D eigenvalue weighted by molar-refractivity contribution is 5.97. The monoisotopic (exact) mass is 805 g/mol. The van der Waals surface area contributed by atoms with Crippen LogP contribution in [0.4, 0.5) is 0 Å². The molecule has 1 aliphatic heterocycles. The number of rotatable bonds is 23. The van der Waals surface area contributed by atoms with Gasteiger partial charge in [0, 0.05) is 31.3 Å². The van der Waals surface area contributed by atoms with E-state index in [9.17, 15) is 43.2 Å². The molecule has 0 aliphatic carbocycles. The predicted octanol–water partition coefficient (Wildman–Crippen LogP) is -2.85. The van der Waals surface area contributed by atoms with Gasteiger partial charge in [-0.05, 0) is 43.4 Å². The van der Waals surface area contributed by atoms with Crippen LogP contribution in [0, 0.1) is 17.8 Å². The van der Waals surface area contributed by atoms with Crippen LogP contribution in [0.15, 0.2) is 12.5 Å². The summed E-state index contributed by atoms with van der Waals surface area (Å²) in [6, 6.07) is -7.01. The van der Waals surface area contributed by atoms with Gasteiger partial charge in [-0.25, -0.2) is 4.98 Å². The molecular weight excluding hydrogens is 746 g/mol. The molecule has 0 spiro atoms. The highest BCUT2D eigenvalue weighted by Gasteiger charge is 2.39. The second kappa shape index (κ2) is 22.8. The average Bonchev–Trinajstić information content (AvgIpc) is 3.84. The minimum Gasteiger partial charge on any atom is -0.480 e. The Labute approximate surface area is 331 Å². The Bertz CT molecular complexity index is 1580. The van der Waals surface area contributed by atoms with Crippen LogP contribution in [0.3, 0.4) is 0 Å². The normalized spacial score (nSPS) is 16.5. The Morgan fingerprint density at radius 1 is 0.842 bits per heavy atom. The molecule has 0 aromatic carbocycles. The number of imidazole rings is 1. The van der Waals surface area contributed by atoms with E-state index in [4.69, 9.17) is 16.6 Å². The average molecular weight is 806 g/mol. The third kappa shape index (κ3) is 15.5. The molecule has 1 fully saturated rings. The van der Waals surface area contributed by atoms with Gasteiger partial charge in [0.25, 0.3) is 0 Å². The Morgan fingerprint density at radius 3 is 1.91 bits per heavy atom. The lowest BCUT2D eigenvalue weighted by atomic mass is 9.97. The summed E-state index contributed by atoms with van der Waals surface area (Å²) in [7, 11) is 0. The van der Waals surface area contributed by atoms with Crippen molar-refractivity contribution in [1.29, 1.82) is 0 Å². The second-order valence-electron chi connectivity index (χ2n) is 15.1. The Hall–Kier alpha value is -5.60. The van der Waals surface area contributed by atoms with Crippen LogP contribution in [-0.2, 0) is 49.6 Å². The third-order valence-electron chi connectivity index (χ3n) is 9.20.